The zero-order chi connectivity index (χ0) is 13.4. The molecular weight excluding hydrogens is 252 g/mol. The molecular formula is C13H19ClN2O2. The highest BCUT2D eigenvalue weighted by molar-refractivity contribution is 6.31. The van der Waals surface area contributed by atoms with Gasteiger partial charge in [0, 0.05) is 18.7 Å². The smallest absolute Gasteiger partial charge is 0.234 e. The van der Waals surface area contributed by atoms with Gasteiger partial charge in [-0.05, 0) is 18.6 Å². The number of halogens is 1. The first-order valence-electron chi connectivity index (χ1n) is 5.88. The number of benzene rings is 1. The van der Waals surface area contributed by atoms with Gasteiger partial charge in [0.15, 0.2) is 0 Å². The van der Waals surface area contributed by atoms with Crippen LogP contribution >= 0.6 is 11.6 Å². The molecule has 0 saturated heterocycles. The van der Waals surface area contributed by atoms with Crippen molar-refractivity contribution in [3.8, 4) is 0 Å². The van der Waals surface area contributed by atoms with Gasteiger partial charge in [0.25, 0.3) is 0 Å². The van der Waals surface area contributed by atoms with Crippen LogP contribution in [-0.4, -0.2) is 32.7 Å². The van der Waals surface area contributed by atoms with Crippen LogP contribution in [0.25, 0.3) is 0 Å². The molecule has 0 radical (unpaired) electrons. The van der Waals surface area contributed by atoms with Crippen LogP contribution in [-0.2, 0) is 9.53 Å². The van der Waals surface area contributed by atoms with Crippen molar-refractivity contribution in [3.05, 3.63) is 34.9 Å². The van der Waals surface area contributed by atoms with Crippen molar-refractivity contribution in [2.45, 2.75) is 13.0 Å². The Balaban J connectivity index is 2.38. The van der Waals surface area contributed by atoms with Crippen LogP contribution in [0.4, 0.5) is 0 Å². The first kappa shape index (κ1) is 15.0. The Morgan fingerprint density at radius 3 is 2.83 bits per heavy atom. The zero-order valence-corrected chi connectivity index (χ0v) is 11.5. The monoisotopic (exact) mass is 270 g/mol. The van der Waals surface area contributed by atoms with E-state index in [0.29, 0.717) is 18.2 Å². The molecule has 1 aromatic carbocycles. The summed E-state index contributed by atoms with van der Waals surface area (Å²) in [4.78, 5) is 11.6. The third kappa shape index (κ3) is 5.04. The molecule has 18 heavy (non-hydrogen) atoms. The van der Waals surface area contributed by atoms with Gasteiger partial charge in [-0.3, -0.25) is 4.79 Å². The standard InChI is InChI=1S/C13H19ClN2O2/c1-10(11-5-3-4-6-12(11)14)16-13(17)9-15-7-8-18-2/h3-6,10,15H,7-9H2,1-2H3,(H,16,17). The molecule has 2 N–H and O–H groups in total. The highest BCUT2D eigenvalue weighted by atomic mass is 35.5. The molecule has 5 heteroatoms. The van der Waals surface area contributed by atoms with E-state index in [1.54, 1.807) is 7.11 Å². The van der Waals surface area contributed by atoms with Crippen molar-refractivity contribution >= 4 is 17.5 Å². The number of rotatable bonds is 7. The second kappa shape index (κ2) is 8.08. The lowest BCUT2D eigenvalue weighted by Crippen LogP contribution is -2.36. The molecule has 0 fully saturated rings. The minimum atomic E-state index is -0.101. The van der Waals surface area contributed by atoms with E-state index in [4.69, 9.17) is 16.3 Å². The molecule has 0 spiro atoms. The van der Waals surface area contributed by atoms with Crippen LogP contribution in [0, 0.1) is 0 Å². The van der Waals surface area contributed by atoms with E-state index < -0.39 is 0 Å². The van der Waals surface area contributed by atoms with Crippen LogP contribution in [0.5, 0.6) is 0 Å². The summed E-state index contributed by atoms with van der Waals surface area (Å²) in [7, 11) is 1.63. The van der Waals surface area contributed by atoms with Crippen LogP contribution in [0.2, 0.25) is 5.02 Å². The van der Waals surface area contributed by atoms with Crippen molar-refractivity contribution in [2.24, 2.45) is 0 Å². The predicted molar refractivity (Wildman–Crippen MR) is 72.8 cm³/mol. The number of ether oxygens (including phenoxy) is 1. The van der Waals surface area contributed by atoms with Crippen LogP contribution in [0.3, 0.4) is 0 Å². The van der Waals surface area contributed by atoms with Gasteiger partial charge in [-0.25, -0.2) is 0 Å². The van der Waals surface area contributed by atoms with Gasteiger partial charge in [0.1, 0.15) is 0 Å². The fraction of sp³-hybridized carbons (Fsp3) is 0.462. The fourth-order valence-corrected chi connectivity index (χ4v) is 1.87. The Labute approximate surface area is 113 Å². The molecule has 0 aliphatic carbocycles. The molecule has 0 aliphatic rings. The summed E-state index contributed by atoms with van der Waals surface area (Å²) >= 11 is 6.06. The van der Waals surface area contributed by atoms with Gasteiger partial charge in [-0.1, -0.05) is 29.8 Å². The summed E-state index contributed by atoms with van der Waals surface area (Å²) in [6.07, 6.45) is 0. The molecule has 0 heterocycles. The number of hydrogen-bond donors (Lipinski definition) is 2. The molecule has 0 bridgehead atoms. The molecule has 0 aromatic heterocycles. The lowest BCUT2D eigenvalue weighted by atomic mass is 10.1. The van der Waals surface area contributed by atoms with E-state index in [0.717, 1.165) is 5.56 Å². The van der Waals surface area contributed by atoms with Crippen molar-refractivity contribution in [1.82, 2.24) is 10.6 Å². The molecule has 1 amide bonds. The summed E-state index contributed by atoms with van der Waals surface area (Å²) in [5, 5.41) is 6.54. The highest BCUT2D eigenvalue weighted by Gasteiger charge is 2.11. The van der Waals surface area contributed by atoms with E-state index in [9.17, 15) is 4.79 Å². The summed E-state index contributed by atoms with van der Waals surface area (Å²) in [5.74, 6) is -0.0569. The van der Waals surface area contributed by atoms with Gasteiger partial charge in [-0.2, -0.15) is 0 Å². The van der Waals surface area contributed by atoms with E-state index in [1.165, 1.54) is 0 Å². The number of nitrogens with one attached hydrogen (secondary N) is 2. The second-order valence-electron chi connectivity index (χ2n) is 3.98. The first-order valence-corrected chi connectivity index (χ1v) is 6.26. The van der Waals surface area contributed by atoms with E-state index in [1.807, 2.05) is 31.2 Å². The van der Waals surface area contributed by atoms with Gasteiger partial charge in [0.05, 0.1) is 19.2 Å². The molecule has 1 atom stereocenters. The maximum Gasteiger partial charge on any atom is 0.234 e. The summed E-state index contributed by atoms with van der Waals surface area (Å²) in [6, 6.07) is 7.39. The normalized spacial score (nSPS) is 12.2. The topological polar surface area (TPSA) is 50.4 Å². The average molecular weight is 271 g/mol. The minimum absolute atomic E-state index is 0.0569. The summed E-state index contributed by atoms with van der Waals surface area (Å²) in [5.41, 5.74) is 0.921. The summed E-state index contributed by atoms with van der Waals surface area (Å²) < 4.78 is 4.88. The second-order valence-corrected chi connectivity index (χ2v) is 4.39. The minimum Gasteiger partial charge on any atom is -0.383 e. The van der Waals surface area contributed by atoms with Crippen LogP contribution in [0.15, 0.2) is 24.3 Å². The largest absolute Gasteiger partial charge is 0.383 e. The van der Waals surface area contributed by atoms with Crippen LogP contribution in [0.1, 0.15) is 18.5 Å². The predicted octanol–water partition coefficient (Wildman–Crippen LogP) is 1.75. The average Bonchev–Trinajstić information content (AvgIpc) is 2.35. The first-order chi connectivity index (χ1) is 8.65. The van der Waals surface area contributed by atoms with E-state index in [2.05, 4.69) is 10.6 Å². The molecule has 1 rings (SSSR count). The number of amides is 1. The molecule has 100 valence electrons. The Hall–Kier alpha value is -1.10. The number of carbonyl (C=O) groups excluding carboxylic acids is 1. The SMILES string of the molecule is COCCNCC(=O)NC(C)c1ccccc1Cl. The number of hydrogen-bond acceptors (Lipinski definition) is 3. The molecule has 1 aromatic rings. The third-order valence-electron chi connectivity index (χ3n) is 2.52. The maximum atomic E-state index is 11.6. The van der Waals surface area contributed by atoms with Gasteiger partial charge < -0.3 is 15.4 Å². The van der Waals surface area contributed by atoms with Crippen molar-refractivity contribution < 1.29 is 9.53 Å². The quantitative estimate of drug-likeness (QED) is 0.743. The lowest BCUT2D eigenvalue weighted by Gasteiger charge is -2.15. The Morgan fingerprint density at radius 1 is 1.44 bits per heavy atom. The van der Waals surface area contributed by atoms with Crippen LogP contribution < -0.4 is 10.6 Å². The van der Waals surface area contributed by atoms with Gasteiger partial charge in [-0.15, -0.1) is 0 Å². The summed E-state index contributed by atoms with van der Waals surface area (Å²) in [6.45, 7) is 3.43. The van der Waals surface area contributed by atoms with Crippen molar-refractivity contribution in [3.63, 3.8) is 0 Å². The Kier molecular flexibility index (Phi) is 6.72. The lowest BCUT2D eigenvalue weighted by molar-refractivity contribution is -0.120. The van der Waals surface area contributed by atoms with Gasteiger partial charge in [0.2, 0.25) is 5.91 Å². The van der Waals surface area contributed by atoms with Crippen molar-refractivity contribution in [2.75, 3.05) is 26.8 Å². The highest BCUT2D eigenvalue weighted by Crippen LogP contribution is 2.21. The van der Waals surface area contributed by atoms with Gasteiger partial charge >= 0.3 is 0 Å². The van der Waals surface area contributed by atoms with E-state index in [-0.39, 0.29) is 18.5 Å². The Morgan fingerprint density at radius 2 is 2.17 bits per heavy atom. The third-order valence-corrected chi connectivity index (χ3v) is 2.86. The molecule has 0 saturated carbocycles. The molecule has 1 unspecified atom stereocenters. The van der Waals surface area contributed by atoms with E-state index >= 15 is 0 Å². The number of methoxy groups -OCH3 is 1. The maximum absolute atomic E-state index is 11.6. The van der Waals surface area contributed by atoms with Crippen molar-refractivity contribution in [1.29, 1.82) is 0 Å². The zero-order valence-electron chi connectivity index (χ0n) is 10.7. The molecule has 0 aliphatic heterocycles. The Bertz CT molecular complexity index is 385. The number of carbonyl (C=O) groups is 1. The fourth-order valence-electron chi connectivity index (χ4n) is 1.57. The molecule has 4 nitrogen and oxygen atoms in total.